The molecule has 32 heavy (non-hydrogen) atoms. The number of carbonyl (C=O) groups excluding carboxylic acids is 3. The number of hydrogen-bond acceptors (Lipinski definition) is 8. The molecule has 166 valence electrons. The lowest BCUT2D eigenvalue weighted by molar-refractivity contribution is -0.119. The first-order valence-corrected chi connectivity index (χ1v) is 12.6. The van der Waals surface area contributed by atoms with E-state index in [2.05, 4.69) is 10.3 Å². The summed E-state index contributed by atoms with van der Waals surface area (Å²) in [6.45, 7) is 1.50. The molecule has 0 atom stereocenters. The SMILES string of the molecule is Cc1nc(CSc2ccccc2C(=O)OCC(=O)Nc2sc3c(c2C(N)=O)CCC3)cs1. The minimum absolute atomic E-state index is 0.376. The summed E-state index contributed by atoms with van der Waals surface area (Å²) >= 11 is 4.44. The second kappa shape index (κ2) is 9.85. The molecule has 0 unspecified atom stereocenters. The van der Waals surface area contributed by atoms with Gasteiger partial charge in [-0.05, 0) is 43.9 Å². The molecule has 2 heterocycles. The van der Waals surface area contributed by atoms with Crippen LogP contribution in [-0.4, -0.2) is 29.4 Å². The number of hydrogen-bond donors (Lipinski definition) is 2. The lowest BCUT2D eigenvalue weighted by Gasteiger charge is -2.10. The van der Waals surface area contributed by atoms with Crippen LogP contribution in [-0.2, 0) is 28.1 Å². The van der Waals surface area contributed by atoms with E-state index in [1.54, 1.807) is 23.5 Å². The first-order chi connectivity index (χ1) is 15.4. The summed E-state index contributed by atoms with van der Waals surface area (Å²) in [5.74, 6) is -1.02. The van der Waals surface area contributed by atoms with Crippen LogP contribution in [0.3, 0.4) is 0 Å². The van der Waals surface area contributed by atoms with Crippen LogP contribution in [0.25, 0.3) is 0 Å². The van der Waals surface area contributed by atoms with Crippen LogP contribution in [0.15, 0.2) is 34.5 Å². The molecular formula is C22H21N3O4S3. The fraction of sp³-hybridized carbons (Fsp3) is 0.273. The van der Waals surface area contributed by atoms with Crippen molar-refractivity contribution in [3.05, 3.63) is 61.9 Å². The van der Waals surface area contributed by atoms with Crippen LogP contribution in [0, 0.1) is 6.92 Å². The number of primary amides is 1. The quantitative estimate of drug-likeness (QED) is 0.364. The van der Waals surface area contributed by atoms with Crippen LogP contribution in [0.1, 0.15) is 48.3 Å². The van der Waals surface area contributed by atoms with Crippen molar-refractivity contribution >= 4 is 57.2 Å². The van der Waals surface area contributed by atoms with Crippen molar-refractivity contribution in [2.45, 2.75) is 36.8 Å². The highest BCUT2D eigenvalue weighted by Gasteiger charge is 2.26. The van der Waals surface area contributed by atoms with E-state index in [-0.39, 0.29) is 0 Å². The third-order valence-electron chi connectivity index (χ3n) is 4.90. The van der Waals surface area contributed by atoms with Crippen LogP contribution >= 0.6 is 34.4 Å². The lowest BCUT2D eigenvalue weighted by atomic mass is 10.1. The van der Waals surface area contributed by atoms with Crippen molar-refractivity contribution in [1.29, 1.82) is 0 Å². The number of rotatable bonds is 8. The van der Waals surface area contributed by atoms with Crippen molar-refractivity contribution in [3.63, 3.8) is 0 Å². The lowest BCUT2D eigenvalue weighted by Crippen LogP contribution is -2.23. The summed E-state index contributed by atoms with van der Waals surface area (Å²) in [5.41, 5.74) is 8.17. The molecule has 10 heteroatoms. The maximum Gasteiger partial charge on any atom is 0.339 e. The minimum atomic E-state index is -0.582. The van der Waals surface area contributed by atoms with Gasteiger partial charge in [-0.25, -0.2) is 9.78 Å². The van der Waals surface area contributed by atoms with Crippen molar-refractivity contribution in [2.75, 3.05) is 11.9 Å². The second-order valence-corrected chi connectivity index (χ2v) is 10.4. The Hall–Kier alpha value is -2.69. The number of amides is 2. The predicted octanol–water partition coefficient (Wildman–Crippen LogP) is 4.19. The van der Waals surface area contributed by atoms with Gasteiger partial charge in [-0.2, -0.15) is 0 Å². The summed E-state index contributed by atoms with van der Waals surface area (Å²) < 4.78 is 5.25. The number of thioether (sulfide) groups is 1. The first kappa shape index (κ1) is 22.5. The van der Waals surface area contributed by atoms with Gasteiger partial charge in [0.05, 0.1) is 21.8 Å². The fourth-order valence-electron chi connectivity index (χ4n) is 3.51. The molecule has 3 aromatic rings. The standard InChI is InChI=1S/C22H21N3O4S3/c1-12-24-13(10-30-12)11-31-16-7-3-2-5-15(16)22(28)29-9-18(26)25-21-19(20(23)27)14-6-4-8-17(14)32-21/h2-3,5,7,10H,4,6,8-9,11H2,1H3,(H2,23,27)(H,25,26). The molecule has 1 aromatic carbocycles. The Morgan fingerprint density at radius 1 is 1.25 bits per heavy atom. The maximum atomic E-state index is 12.6. The number of aromatic nitrogens is 1. The van der Waals surface area contributed by atoms with Gasteiger partial charge in [0.15, 0.2) is 6.61 Å². The molecular weight excluding hydrogens is 466 g/mol. The molecule has 7 nitrogen and oxygen atoms in total. The van der Waals surface area contributed by atoms with E-state index >= 15 is 0 Å². The molecule has 0 aliphatic heterocycles. The van der Waals surface area contributed by atoms with E-state index in [9.17, 15) is 14.4 Å². The molecule has 2 amide bonds. The molecule has 0 saturated heterocycles. The smallest absolute Gasteiger partial charge is 0.339 e. The topological polar surface area (TPSA) is 111 Å². The number of benzene rings is 1. The third-order valence-corrected chi connectivity index (χ3v) is 8.04. The average Bonchev–Trinajstić information content (AvgIpc) is 3.46. The summed E-state index contributed by atoms with van der Waals surface area (Å²) in [7, 11) is 0. The van der Waals surface area contributed by atoms with Gasteiger partial charge in [0.1, 0.15) is 5.00 Å². The molecule has 0 radical (unpaired) electrons. The van der Waals surface area contributed by atoms with Crippen LogP contribution in [0.4, 0.5) is 5.00 Å². The van der Waals surface area contributed by atoms with E-state index in [0.29, 0.717) is 21.9 Å². The van der Waals surface area contributed by atoms with Crippen molar-refractivity contribution in [2.24, 2.45) is 5.73 Å². The molecule has 2 aromatic heterocycles. The Labute approximate surface area is 197 Å². The van der Waals surface area contributed by atoms with E-state index in [4.69, 9.17) is 10.5 Å². The maximum absolute atomic E-state index is 12.6. The van der Waals surface area contributed by atoms with Crippen LogP contribution < -0.4 is 11.1 Å². The summed E-state index contributed by atoms with van der Waals surface area (Å²) in [6.07, 6.45) is 2.64. The average molecular weight is 488 g/mol. The van der Waals surface area contributed by atoms with Crippen molar-refractivity contribution < 1.29 is 19.1 Å². The normalized spacial score (nSPS) is 12.4. The van der Waals surface area contributed by atoms with Crippen LogP contribution in [0.5, 0.6) is 0 Å². The zero-order valence-corrected chi connectivity index (χ0v) is 19.8. The number of anilines is 1. The van der Waals surface area contributed by atoms with E-state index in [0.717, 1.165) is 45.3 Å². The number of fused-ring (bicyclic) bond motifs is 1. The molecule has 3 N–H and O–H groups in total. The number of nitrogens with one attached hydrogen (secondary N) is 1. The van der Waals surface area contributed by atoms with Gasteiger partial charge in [0.25, 0.3) is 11.8 Å². The van der Waals surface area contributed by atoms with E-state index < -0.39 is 24.4 Å². The summed E-state index contributed by atoms with van der Waals surface area (Å²) in [4.78, 5) is 43.2. The Morgan fingerprint density at radius 3 is 2.81 bits per heavy atom. The van der Waals surface area contributed by atoms with Crippen molar-refractivity contribution in [1.82, 2.24) is 4.98 Å². The Morgan fingerprint density at radius 2 is 2.06 bits per heavy atom. The predicted molar refractivity (Wildman–Crippen MR) is 127 cm³/mol. The van der Waals surface area contributed by atoms with Gasteiger partial charge in [0, 0.05) is 20.9 Å². The number of esters is 1. The van der Waals surface area contributed by atoms with Gasteiger partial charge >= 0.3 is 5.97 Å². The van der Waals surface area contributed by atoms with Gasteiger partial charge < -0.3 is 15.8 Å². The molecule has 1 aliphatic rings. The van der Waals surface area contributed by atoms with Gasteiger partial charge in [-0.1, -0.05) is 12.1 Å². The molecule has 0 fully saturated rings. The van der Waals surface area contributed by atoms with Gasteiger partial charge in [0.2, 0.25) is 0 Å². The third kappa shape index (κ3) is 5.03. The van der Waals surface area contributed by atoms with Gasteiger partial charge in [-0.3, -0.25) is 9.59 Å². The highest BCUT2D eigenvalue weighted by molar-refractivity contribution is 7.98. The fourth-order valence-corrected chi connectivity index (χ4v) is 6.47. The monoisotopic (exact) mass is 487 g/mol. The highest BCUT2D eigenvalue weighted by atomic mass is 32.2. The number of nitrogens with zero attached hydrogens (tertiary/aromatic N) is 1. The zero-order chi connectivity index (χ0) is 22.7. The number of aryl methyl sites for hydroxylation is 2. The minimum Gasteiger partial charge on any atom is -0.452 e. The Kier molecular flexibility index (Phi) is 6.92. The molecule has 4 rings (SSSR count). The molecule has 1 aliphatic carbocycles. The highest BCUT2D eigenvalue weighted by Crippen LogP contribution is 2.38. The van der Waals surface area contributed by atoms with E-state index in [1.165, 1.54) is 23.1 Å². The first-order valence-electron chi connectivity index (χ1n) is 9.96. The van der Waals surface area contributed by atoms with Gasteiger partial charge in [-0.15, -0.1) is 34.4 Å². The molecule has 0 spiro atoms. The summed E-state index contributed by atoms with van der Waals surface area (Å²) in [5, 5.41) is 6.10. The Balaban J connectivity index is 1.37. The van der Waals surface area contributed by atoms with Crippen LogP contribution in [0.2, 0.25) is 0 Å². The number of thiazole rings is 1. The number of thiophene rings is 1. The van der Waals surface area contributed by atoms with Crippen molar-refractivity contribution in [3.8, 4) is 0 Å². The molecule has 0 saturated carbocycles. The summed E-state index contributed by atoms with van der Waals surface area (Å²) in [6, 6.07) is 7.11. The Bertz CT molecular complexity index is 1190. The number of nitrogens with two attached hydrogens (primary N) is 1. The largest absolute Gasteiger partial charge is 0.452 e. The molecule has 0 bridgehead atoms. The van der Waals surface area contributed by atoms with E-state index in [1.807, 2.05) is 24.4 Å². The second-order valence-electron chi connectivity index (χ2n) is 7.19. The number of ether oxygens (including phenoxy) is 1. The zero-order valence-electron chi connectivity index (χ0n) is 17.3. The number of carbonyl (C=O) groups is 3.